The van der Waals surface area contributed by atoms with Crippen molar-refractivity contribution in [2.75, 3.05) is 7.11 Å². The summed E-state index contributed by atoms with van der Waals surface area (Å²) in [7, 11) is 1.61. The molecular formula is C21H19ClN2O3. The van der Waals surface area contributed by atoms with Gasteiger partial charge in [-0.05, 0) is 35.4 Å². The van der Waals surface area contributed by atoms with Crippen molar-refractivity contribution in [3.05, 3.63) is 98.9 Å². The van der Waals surface area contributed by atoms with Crippen LogP contribution < -0.4 is 15.6 Å². The highest BCUT2D eigenvalue weighted by Crippen LogP contribution is 2.16. The highest BCUT2D eigenvalue weighted by atomic mass is 35.5. The number of aromatic nitrogens is 1. The van der Waals surface area contributed by atoms with Gasteiger partial charge >= 0.3 is 0 Å². The van der Waals surface area contributed by atoms with Gasteiger partial charge in [0.15, 0.2) is 0 Å². The van der Waals surface area contributed by atoms with Crippen LogP contribution in [0.15, 0.2) is 71.7 Å². The Morgan fingerprint density at radius 1 is 1.07 bits per heavy atom. The molecule has 0 saturated heterocycles. The van der Waals surface area contributed by atoms with Gasteiger partial charge in [-0.2, -0.15) is 0 Å². The minimum Gasteiger partial charge on any atom is -0.497 e. The third kappa shape index (κ3) is 4.77. The third-order valence-electron chi connectivity index (χ3n) is 4.16. The van der Waals surface area contributed by atoms with Gasteiger partial charge in [0.2, 0.25) is 0 Å². The van der Waals surface area contributed by atoms with E-state index in [-0.39, 0.29) is 11.5 Å². The van der Waals surface area contributed by atoms with Crippen molar-refractivity contribution in [2.45, 2.75) is 13.1 Å². The predicted molar refractivity (Wildman–Crippen MR) is 105 cm³/mol. The van der Waals surface area contributed by atoms with E-state index in [9.17, 15) is 9.59 Å². The minimum atomic E-state index is -0.251. The Hall–Kier alpha value is -3.05. The van der Waals surface area contributed by atoms with Crippen molar-refractivity contribution in [1.82, 2.24) is 9.88 Å². The van der Waals surface area contributed by atoms with E-state index >= 15 is 0 Å². The molecule has 0 aliphatic rings. The molecule has 1 amide bonds. The Balaban J connectivity index is 1.71. The van der Waals surface area contributed by atoms with E-state index in [0.717, 1.165) is 16.9 Å². The van der Waals surface area contributed by atoms with Gasteiger partial charge in [0.25, 0.3) is 11.5 Å². The molecule has 3 rings (SSSR count). The molecule has 0 spiro atoms. The van der Waals surface area contributed by atoms with Gasteiger partial charge in [-0.25, -0.2) is 0 Å². The molecule has 0 atom stereocenters. The van der Waals surface area contributed by atoms with Gasteiger partial charge in [-0.3, -0.25) is 9.59 Å². The molecule has 1 N–H and O–H groups in total. The minimum absolute atomic E-state index is 0.193. The molecule has 0 bridgehead atoms. The summed E-state index contributed by atoms with van der Waals surface area (Å²) in [6.45, 7) is 0.685. The standard InChI is InChI=1S/C21H19ClN2O3/c1-27-18-9-6-15(7-10-18)12-23-21(26)17-8-11-20(25)24(14-17)13-16-4-2-3-5-19(16)22/h2-11,14H,12-13H2,1H3,(H,23,26). The van der Waals surface area contributed by atoms with Gasteiger partial charge in [0, 0.05) is 23.8 Å². The molecule has 0 aliphatic heterocycles. The fraction of sp³-hybridized carbons (Fsp3) is 0.143. The van der Waals surface area contributed by atoms with Crippen LogP contribution in [0.5, 0.6) is 5.75 Å². The van der Waals surface area contributed by atoms with Crippen molar-refractivity contribution < 1.29 is 9.53 Å². The third-order valence-corrected chi connectivity index (χ3v) is 4.53. The summed E-state index contributed by atoms with van der Waals surface area (Å²) in [5, 5.41) is 3.44. The van der Waals surface area contributed by atoms with Crippen LogP contribution in [0.4, 0.5) is 0 Å². The van der Waals surface area contributed by atoms with Crippen LogP contribution in [-0.4, -0.2) is 17.6 Å². The zero-order chi connectivity index (χ0) is 19.2. The van der Waals surface area contributed by atoms with Crippen LogP contribution in [0.1, 0.15) is 21.5 Å². The van der Waals surface area contributed by atoms with Crippen molar-refractivity contribution in [1.29, 1.82) is 0 Å². The summed E-state index contributed by atoms with van der Waals surface area (Å²) < 4.78 is 6.59. The molecule has 27 heavy (non-hydrogen) atoms. The number of nitrogens with zero attached hydrogens (tertiary/aromatic N) is 1. The molecule has 0 aliphatic carbocycles. The van der Waals surface area contributed by atoms with E-state index in [1.807, 2.05) is 42.5 Å². The van der Waals surface area contributed by atoms with Gasteiger partial charge in [0.1, 0.15) is 5.75 Å². The number of nitrogens with one attached hydrogen (secondary N) is 1. The first kappa shape index (κ1) is 18.7. The SMILES string of the molecule is COc1ccc(CNC(=O)c2ccc(=O)n(Cc3ccccc3Cl)c2)cc1. The molecule has 0 fully saturated rings. The number of amides is 1. The number of rotatable bonds is 6. The first-order valence-corrected chi connectivity index (χ1v) is 8.79. The molecule has 0 unspecified atom stereocenters. The number of ether oxygens (including phenoxy) is 1. The van der Waals surface area contributed by atoms with Crippen LogP contribution in [0.25, 0.3) is 0 Å². The summed E-state index contributed by atoms with van der Waals surface area (Å²) in [4.78, 5) is 24.6. The molecule has 138 valence electrons. The lowest BCUT2D eigenvalue weighted by molar-refractivity contribution is 0.0950. The van der Waals surface area contributed by atoms with E-state index < -0.39 is 0 Å². The average Bonchev–Trinajstić information content (AvgIpc) is 2.70. The Kier molecular flexibility index (Phi) is 5.94. The number of pyridine rings is 1. The Morgan fingerprint density at radius 3 is 2.52 bits per heavy atom. The Morgan fingerprint density at radius 2 is 1.81 bits per heavy atom. The van der Waals surface area contributed by atoms with Crippen molar-refractivity contribution in [2.24, 2.45) is 0 Å². The Labute approximate surface area is 162 Å². The monoisotopic (exact) mass is 382 g/mol. The van der Waals surface area contributed by atoms with E-state index in [4.69, 9.17) is 16.3 Å². The van der Waals surface area contributed by atoms with E-state index in [1.165, 1.54) is 16.7 Å². The zero-order valence-electron chi connectivity index (χ0n) is 14.8. The van der Waals surface area contributed by atoms with Crippen LogP contribution in [0, 0.1) is 0 Å². The highest BCUT2D eigenvalue weighted by Gasteiger charge is 2.09. The second-order valence-electron chi connectivity index (χ2n) is 6.01. The molecule has 0 saturated carbocycles. The maximum Gasteiger partial charge on any atom is 0.253 e. The zero-order valence-corrected chi connectivity index (χ0v) is 15.6. The van der Waals surface area contributed by atoms with Crippen LogP contribution in [0.3, 0.4) is 0 Å². The molecular weight excluding hydrogens is 364 g/mol. The number of carbonyl (C=O) groups is 1. The number of methoxy groups -OCH3 is 1. The number of benzene rings is 2. The van der Waals surface area contributed by atoms with Gasteiger partial charge < -0.3 is 14.6 Å². The largest absolute Gasteiger partial charge is 0.497 e. The lowest BCUT2D eigenvalue weighted by Gasteiger charge is -2.10. The van der Waals surface area contributed by atoms with Crippen LogP contribution in [-0.2, 0) is 13.1 Å². The lowest BCUT2D eigenvalue weighted by atomic mass is 10.2. The van der Waals surface area contributed by atoms with Crippen LogP contribution in [0.2, 0.25) is 5.02 Å². The molecule has 5 nitrogen and oxygen atoms in total. The fourth-order valence-electron chi connectivity index (χ4n) is 2.63. The second-order valence-corrected chi connectivity index (χ2v) is 6.41. The highest BCUT2D eigenvalue weighted by molar-refractivity contribution is 6.31. The topological polar surface area (TPSA) is 60.3 Å². The van der Waals surface area contributed by atoms with Crippen molar-refractivity contribution in [3.63, 3.8) is 0 Å². The summed E-state index contributed by atoms with van der Waals surface area (Å²) in [5.74, 6) is 0.510. The molecule has 0 radical (unpaired) electrons. The quantitative estimate of drug-likeness (QED) is 0.710. The predicted octanol–water partition coefficient (Wildman–Crippen LogP) is 3.49. The average molecular weight is 383 g/mol. The maximum atomic E-state index is 12.4. The van der Waals surface area contributed by atoms with E-state index in [1.54, 1.807) is 19.4 Å². The summed E-state index contributed by atoms with van der Waals surface area (Å²) in [5.41, 5.74) is 1.99. The van der Waals surface area contributed by atoms with Gasteiger partial charge in [0.05, 0.1) is 19.2 Å². The number of hydrogen-bond donors (Lipinski definition) is 1. The molecule has 1 aromatic heterocycles. The maximum absolute atomic E-state index is 12.4. The Bertz CT molecular complexity index is 997. The fourth-order valence-corrected chi connectivity index (χ4v) is 2.82. The van der Waals surface area contributed by atoms with Gasteiger partial charge in [-0.1, -0.05) is 41.9 Å². The van der Waals surface area contributed by atoms with E-state index in [0.29, 0.717) is 23.7 Å². The van der Waals surface area contributed by atoms with E-state index in [2.05, 4.69) is 5.32 Å². The van der Waals surface area contributed by atoms with Crippen molar-refractivity contribution >= 4 is 17.5 Å². The number of hydrogen-bond acceptors (Lipinski definition) is 3. The molecule has 1 heterocycles. The molecule has 2 aromatic carbocycles. The van der Waals surface area contributed by atoms with Crippen LogP contribution >= 0.6 is 11.6 Å². The lowest BCUT2D eigenvalue weighted by Crippen LogP contribution is -2.26. The summed E-state index contributed by atoms with van der Waals surface area (Å²) in [6, 6.07) is 17.7. The normalized spacial score (nSPS) is 10.4. The smallest absolute Gasteiger partial charge is 0.253 e. The molecule has 6 heteroatoms. The second kappa shape index (κ2) is 8.56. The number of carbonyl (C=O) groups excluding carboxylic acids is 1. The first-order valence-electron chi connectivity index (χ1n) is 8.42. The summed E-state index contributed by atoms with van der Waals surface area (Å²) in [6.07, 6.45) is 1.55. The number of halogens is 1. The summed E-state index contributed by atoms with van der Waals surface area (Å²) >= 11 is 6.16. The van der Waals surface area contributed by atoms with Crippen molar-refractivity contribution in [3.8, 4) is 5.75 Å². The first-order chi connectivity index (χ1) is 13.1. The molecule has 3 aromatic rings. The van der Waals surface area contributed by atoms with Gasteiger partial charge in [-0.15, -0.1) is 0 Å².